The Labute approximate surface area is 112 Å². The van der Waals surface area contributed by atoms with Gasteiger partial charge in [0.2, 0.25) is 0 Å². The van der Waals surface area contributed by atoms with Gasteiger partial charge in [0.05, 0.1) is 13.3 Å². The Morgan fingerprint density at radius 3 is 3.00 bits per heavy atom. The number of rotatable bonds is 4. The van der Waals surface area contributed by atoms with Crippen LogP contribution in [0.2, 0.25) is 5.02 Å². The molecule has 18 heavy (non-hydrogen) atoms. The number of hydrogen-bond acceptors (Lipinski definition) is 5. The van der Waals surface area contributed by atoms with E-state index in [0.717, 1.165) is 12.8 Å². The lowest BCUT2D eigenvalue weighted by atomic mass is 9.84. The first-order valence-corrected chi connectivity index (χ1v) is 6.65. The van der Waals surface area contributed by atoms with Gasteiger partial charge in [0.1, 0.15) is 5.02 Å². The summed E-state index contributed by atoms with van der Waals surface area (Å²) in [7, 11) is 1.54. The number of ether oxygens (including phenoxy) is 1. The maximum atomic E-state index is 6.09. The minimum absolute atomic E-state index is 0.321. The summed E-state index contributed by atoms with van der Waals surface area (Å²) < 4.78 is 5.01. The van der Waals surface area contributed by atoms with Crippen LogP contribution >= 0.6 is 11.6 Å². The van der Waals surface area contributed by atoms with Gasteiger partial charge in [-0.2, -0.15) is 4.98 Å². The highest BCUT2D eigenvalue weighted by atomic mass is 35.5. The molecule has 0 aromatic carbocycles. The largest absolute Gasteiger partial charge is 0.467 e. The van der Waals surface area contributed by atoms with Crippen molar-refractivity contribution < 1.29 is 4.74 Å². The third-order valence-corrected chi connectivity index (χ3v) is 3.72. The maximum absolute atomic E-state index is 6.09. The maximum Gasteiger partial charge on any atom is 0.318 e. The standard InChI is InChI=1S/C12H19ClN4O/c1-18-12-15-7-9(13)11(17-12)16-10-5-3-2-4-8(10)6-14/h7-8,10H,2-6,14H2,1H3,(H,15,16,17). The first kappa shape index (κ1) is 13.4. The number of nitrogens with one attached hydrogen (secondary N) is 1. The summed E-state index contributed by atoms with van der Waals surface area (Å²) in [6.07, 6.45) is 6.28. The van der Waals surface area contributed by atoms with Gasteiger partial charge in [-0.3, -0.25) is 0 Å². The van der Waals surface area contributed by atoms with Gasteiger partial charge in [-0.1, -0.05) is 24.4 Å². The highest BCUT2D eigenvalue weighted by molar-refractivity contribution is 6.32. The first-order valence-electron chi connectivity index (χ1n) is 6.27. The van der Waals surface area contributed by atoms with E-state index >= 15 is 0 Å². The quantitative estimate of drug-likeness (QED) is 0.876. The number of nitrogens with zero attached hydrogens (tertiary/aromatic N) is 2. The lowest BCUT2D eigenvalue weighted by Crippen LogP contribution is -2.37. The van der Waals surface area contributed by atoms with Crippen molar-refractivity contribution in [1.82, 2.24) is 9.97 Å². The molecule has 1 aromatic heterocycles. The number of halogens is 1. The van der Waals surface area contributed by atoms with Crippen molar-refractivity contribution in [3.63, 3.8) is 0 Å². The van der Waals surface area contributed by atoms with Crippen LogP contribution in [0.4, 0.5) is 5.82 Å². The Morgan fingerprint density at radius 2 is 2.28 bits per heavy atom. The zero-order valence-corrected chi connectivity index (χ0v) is 11.3. The molecule has 1 saturated carbocycles. The third kappa shape index (κ3) is 3.03. The van der Waals surface area contributed by atoms with Crippen LogP contribution in [-0.4, -0.2) is 29.7 Å². The van der Waals surface area contributed by atoms with E-state index in [1.807, 2.05) is 0 Å². The fourth-order valence-corrected chi connectivity index (χ4v) is 2.55. The van der Waals surface area contributed by atoms with Gasteiger partial charge >= 0.3 is 6.01 Å². The van der Waals surface area contributed by atoms with Gasteiger partial charge in [0.25, 0.3) is 0 Å². The fourth-order valence-electron chi connectivity index (χ4n) is 2.41. The Bertz CT molecular complexity index is 402. The highest BCUT2D eigenvalue weighted by Crippen LogP contribution is 2.28. The number of methoxy groups -OCH3 is 1. The zero-order chi connectivity index (χ0) is 13.0. The van der Waals surface area contributed by atoms with E-state index in [1.54, 1.807) is 6.20 Å². The van der Waals surface area contributed by atoms with Gasteiger partial charge in [-0.25, -0.2) is 4.98 Å². The molecule has 5 nitrogen and oxygen atoms in total. The van der Waals surface area contributed by atoms with E-state index in [-0.39, 0.29) is 0 Å². The molecule has 1 heterocycles. The van der Waals surface area contributed by atoms with E-state index in [9.17, 15) is 0 Å². The van der Waals surface area contributed by atoms with Crippen molar-refractivity contribution in [1.29, 1.82) is 0 Å². The van der Waals surface area contributed by atoms with Crippen LogP contribution in [-0.2, 0) is 0 Å². The molecule has 1 aliphatic rings. The Balaban J connectivity index is 2.11. The minimum Gasteiger partial charge on any atom is -0.467 e. The lowest BCUT2D eigenvalue weighted by Gasteiger charge is -2.31. The summed E-state index contributed by atoms with van der Waals surface area (Å²) in [6, 6.07) is 0.655. The molecule has 0 saturated heterocycles. The predicted molar refractivity (Wildman–Crippen MR) is 72.0 cm³/mol. The van der Waals surface area contributed by atoms with E-state index in [1.165, 1.54) is 20.0 Å². The predicted octanol–water partition coefficient (Wildman–Crippen LogP) is 2.07. The summed E-state index contributed by atoms with van der Waals surface area (Å²) in [6.45, 7) is 0.692. The summed E-state index contributed by atoms with van der Waals surface area (Å²) in [5.41, 5.74) is 5.81. The Hall–Kier alpha value is -1.07. The molecule has 2 unspecified atom stereocenters. The summed E-state index contributed by atoms with van der Waals surface area (Å²) >= 11 is 6.09. The van der Waals surface area contributed by atoms with Crippen LogP contribution in [0.25, 0.3) is 0 Å². The van der Waals surface area contributed by atoms with Crippen LogP contribution in [0.3, 0.4) is 0 Å². The summed E-state index contributed by atoms with van der Waals surface area (Å²) in [4.78, 5) is 8.20. The van der Waals surface area contributed by atoms with E-state index in [0.29, 0.717) is 35.4 Å². The summed E-state index contributed by atoms with van der Waals surface area (Å²) in [5, 5.41) is 3.89. The SMILES string of the molecule is COc1ncc(Cl)c(NC2CCCCC2CN)n1. The molecular weight excluding hydrogens is 252 g/mol. The number of aromatic nitrogens is 2. The number of hydrogen-bond donors (Lipinski definition) is 2. The van der Waals surface area contributed by atoms with Crippen molar-refractivity contribution in [3.8, 4) is 6.01 Å². The average Bonchev–Trinajstić information content (AvgIpc) is 2.42. The van der Waals surface area contributed by atoms with Gasteiger partial charge in [0, 0.05) is 6.04 Å². The molecule has 0 spiro atoms. The van der Waals surface area contributed by atoms with Gasteiger partial charge in [-0.15, -0.1) is 0 Å². The molecule has 0 radical (unpaired) electrons. The van der Waals surface area contributed by atoms with Crippen molar-refractivity contribution in [2.24, 2.45) is 11.7 Å². The molecule has 1 aromatic rings. The molecule has 0 amide bonds. The van der Waals surface area contributed by atoms with Crippen molar-refractivity contribution in [3.05, 3.63) is 11.2 Å². The Morgan fingerprint density at radius 1 is 1.50 bits per heavy atom. The second-order valence-corrected chi connectivity index (χ2v) is 4.99. The zero-order valence-electron chi connectivity index (χ0n) is 10.5. The van der Waals surface area contributed by atoms with E-state index in [2.05, 4.69) is 15.3 Å². The summed E-state index contributed by atoms with van der Waals surface area (Å²) in [5.74, 6) is 1.12. The fraction of sp³-hybridized carbons (Fsp3) is 0.667. The molecule has 100 valence electrons. The molecule has 2 rings (SSSR count). The molecule has 0 bridgehead atoms. The normalized spacial score (nSPS) is 23.7. The van der Waals surface area contributed by atoms with Gasteiger partial charge < -0.3 is 15.8 Å². The monoisotopic (exact) mass is 270 g/mol. The number of anilines is 1. The van der Waals surface area contributed by atoms with Crippen LogP contribution in [0.5, 0.6) is 6.01 Å². The van der Waals surface area contributed by atoms with Gasteiger partial charge in [-0.05, 0) is 25.3 Å². The molecule has 1 fully saturated rings. The molecule has 0 aliphatic heterocycles. The smallest absolute Gasteiger partial charge is 0.318 e. The van der Waals surface area contributed by atoms with Gasteiger partial charge in [0.15, 0.2) is 5.82 Å². The molecule has 2 atom stereocenters. The van der Waals surface area contributed by atoms with Crippen molar-refractivity contribution >= 4 is 17.4 Å². The van der Waals surface area contributed by atoms with E-state index in [4.69, 9.17) is 22.1 Å². The lowest BCUT2D eigenvalue weighted by molar-refractivity contribution is 0.331. The van der Waals surface area contributed by atoms with Crippen LogP contribution in [0, 0.1) is 5.92 Å². The minimum atomic E-state index is 0.321. The van der Waals surface area contributed by atoms with Crippen LogP contribution in [0.15, 0.2) is 6.20 Å². The Kier molecular flexibility index (Phi) is 4.60. The topological polar surface area (TPSA) is 73.1 Å². The molecule has 1 aliphatic carbocycles. The second kappa shape index (κ2) is 6.20. The van der Waals surface area contributed by atoms with Crippen LogP contribution < -0.4 is 15.8 Å². The van der Waals surface area contributed by atoms with Crippen LogP contribution in [0.1, 0.15) is 25.7 Å². The molecular formula is C12H19ClN4O. The molecule has 6 heteroatoms. The molecule has 3 N–H and O–H groups in total. The average molecular weight is 271 g/mol. The second-order valence-electron chi connectivity index (χ2n) is 4.58. The van der Waals surface area contributed by atoms with Crippen molar-refractivity contribution in [2.45, 2.75) is 31.7 Å². The van der Waals surface area contributed by atoms with Crippen molar-refractivity contribution in [2.75, 3.05) is 19.0 Å². The third-order valence-electron chi connectivity index (χ3n) is 3.44. The first-order chi connectivity index (χ1) is 8.74. The number of nitrogens with two attached hydrogens (primary N) is 1. The highest BCUT2D eigenvalue weighted by Gasteiger charge is 2.24. The van der Waals surface area contributed by atoms with E-state index < -0.39 is 0 Å².